The van der Waals surface area contributed by atoms with E-state index in [0.29, 0.717) is 24.2 Å². The van der Waals surface area contributed by atoms with Crippen LogP contribution in [0.2, 0.25) is 0 Å². The number of fused-ring (bicyclic) bond motifs is 5. The molecule has 2 nitrogen and oxygen atoms in total. The van der Waals surface area contributed by atoms with Crippen LogP contribution in [0.25, 0.3) is 0 Å². The molecule has 3 fully saturated rings. The molecule has 4 aliphatic rings. The summed E-state index contributed by atoms with van der Waals surface area (Å²) in [7, 11) is 0. The number of hydrogen-bond acceptors (Lipinski definition) is 2. The molecule has 3 saturated carbocycles. The smallest absolute Gasteiger partial charge is 0.178 e. The standard InChI is InChI=1S/C23H32O2/c1-5-10-23(25)12-9-19-18-7-6-16-14-17(24)13-15(2)22(16,4)20(18)8-11-21(19,23)3/h5,13-14,18-20,25H,1,6-12H2,2-4H3/t18-,19-,20+,21-,22-,23?/m0/s1. The zero-order valence-electron chi connectivity index (χ0n) is 16.0. The second kappa shape index (κ2) is 5.42. The van der Waals surface area contributed by atoms with E-state index in [1.165, 1.54) is 17.6 Å². The van der Waals surface area contributed by atoms with Crippen LogP contribution in [0.4, 0.5) is 0 Å². The molecule has 0 amide bonds. The molecule has 0 aromatic carbocycles. The first-order valence-corrected chi connectivity index (χ1v) is 10.0. The number of allylic oxidation sites excluding steroid dienone is 4. The third-order valence-corrected chi connectivity index (χ3v) is 8.89. The van der Waals surface area contributed by atoms with Gasteiger partial charge in [-0.3, -0.25) is 4.79 Å². The van der Waals surface area contributed by atoms with Gasteiger partial charge in [-0.1, -0.05) is 31.1 Å². The molecule has 0 radical (unpaired) electrons. The number of carbonyl (C=O) groups is 1. The molecule has 0 bridgehead atoms. The fourth-order valence-corrected chi connectivity index (χ4v) is 7.26. The largest absolute Gasteiger partial charge is 0.389 e. The minimum Gasteiger partial charge on any atom is -0.389 e. The van der Waals surface area contributed by atoms with Gasteiger partial charge in [0.1, 0.15) is 0 Å². The maximum Gasteiger partial charge on any atom is 0.178 e. The average Bonchev–Trinajstić information content (AvgIpc) is 2.81. The van der Waals surface area contributed by atoms with Gasteiger partial charge in [-0.15, -0.1) is 6.58 Å². The minimum absolute atomic E-state index is 0.0159. The number of carbonyl (C=O) groups excluding carboxylic acids is 1. The zero-order valence-corrected chi connectivity index (χ0v) is 16.0. The average molecular weight is 341 g/mol. The summed E-state index contributed by atoms with van der Waals surface area (Å²) in [6.45, 7) is 10.8. The Balaban J connectivity index is 1.71. The second-order valence-electron chi connectivity index (χ2n) is 9.54. The molecule has 1 N–H and O–H groups in total. The fourth-order valence-electron chi connectivity index (χ4n) is 7.26. The Kier molecular flexibility index (Phi) is 3.75. The Hall–Kier alpha value is -1.15. The number of hydrogen-bond donors (Lipinski definition) is 1. The monoisotopic (exact) mass is 340 g/mol. The van der Waals surface area contributed by atoms with Crippen molar-refractivity contribution < 1.29 is 9.90 Å². The van der Waals surface area contributed by atoms with Gasteiger partial charge in [0.15, 0.2) is 5.78 Å². The molecule has 4 aliphatic carbocycles. The van der Waals surface area contributed by atoms with Crippen LogP contribution < -0.4 is 0 Å². The summed E-state index contributed by atoms with van der Waals surface area (Å²) in [4.78, 5) is 12.0. The Morgan fingerprint density at radius 2 is 1.92 bits per heavy atom. The lowest BCUT2D eigenvalue weighted by Crippen LogP contribution is -2.54. The maximum atomic E-state index is 12.0. The quantitative estimate of drug-likeness (QED) is 0.719. The molecule has 0 aromatic heterocycles. The van der Waals surface area contributed by atoms with Crippen LogP contribution in [0.15, 0.2) is 36.0 Å². The first kappa shape index (κ1) is 17.3. The van der Waals surface area contributed by atoms with Crippen LogP contribution in [0.5, 0.6) is 0 Å². The predicted molar refractivity (Wildman–Crippen MR) is 101 cm³/mol. The summed E-state index contributed by atoms with van der Waals surface area (Å²) in [6.07, 6.45) is 12.9. The Labute approximate surface area is 152 Å². The van der Waals surface area contributed by atoms with Gasteiger partial charge in [0.25, 0.3) is 0 Å². The van der Waals surface area contributed by atoms with Crippen LogP contribution in [0, 0.1) is 28.6 Å². The predicted octanol–water partition coefficient (Wildman–Crippen LogP) is 4.99. The molecular weight excluding hydrogens is 308 g/mol. The van der Waals surface area contributed by atoms with E-state index in [0.717, 1.165) is 32.1 Å². The highest BCUT2D eigenvalue weighted by molar-refractivity contribution is 6.02. The molecular formula is C23H32O2. The van der Waals surface area contributed by atoms with Crippen LogP contribution in [-0.2, 0) is 4.79 Å². The molecule has 1 unspecified atom stereocenters. The highest BCUT2D eigenvalue weighted by Crippen LogP contribution is 2.68. The lowest BCUT2D eigenvalue weighted by Gasteiger charge is -2.59. The van der Waals surface area contributed by atoms with Gasteiger partial charge >= 0.3 is 0 Å². The van der Waals surface area contributed by atoms with Gasteiger partial charge in [-0.05, 0) is 87.2 Å². The number of ketones is 1. The van der Waals surface area contributed by atoms with Gasteiger partial charge < -0.3 is 5.11 Å². The maximum absolute atomic E-state index is 12.0. The zero-order chi connectivity index (χ0) is 18.0. The molecule has 25 heavy (non-hydrogen) atoms. The van der Waals surface area contributed by atoms with Crippen LogP contribution >= 0.6 is 0 Å². The Morgan fingerprint density at radius 3 is 2.64 bits per heavy atom. The summed E-state index contributed by atoms with van der Waals surface area (Å²) in [6, 6.07) is 0. The summed E-state index contributed by atoms with van der Waals surface area (Å²) < 4.78 is 0. The molecule has 0 saturated heterocycles. The summed E-state index contributed by atoms with van der Waals surface area (Å²) in [5.74, 6) is 2.04. The molecule has 136 valence electrons. The second-order valence-corrected chi connectivity index (χ2v) is 9.54. The number of rotatable bonds is 2. The third-order valence-electron chi connectivity index (χ3n) is 8.89. The van der Waals surface area contributed by atoms with Crippen molar-refractivity contribution in [3.05, 3.63) is 36.0 Å². The van der Waals surface area contributed by atoms with Crippen LogP contribution in [0.3, 0.4) is 0 Å². The Bertz CT molecular complexity index is 686. The highest BCUT2D eigenvalue weighted by atomic mass is 16.3. The van der Waals surface area contributed by atoms with E-state index in [2.05, 4.69) is 27.4 Å². The van der Waals surface area contributed by atoms with Crippen molar-refractivity contribution in [1.29, 1.82) is 0 Å². The molecule has 4 rings (SSSR count). The molecule has 0 heterocycles. The highest BCUT2D eigenvalue weighted by Gasteiger charge is 2.63. The van der Waals surface area contributed by atoms with Crippen LogP contribution in [0.1, 0.15) is 65.7 Å². The van der Waals surface area contributed by atoms with E-state index in [1.807, 2.05) is 18.2 Å². The van der Waals surface area contributed by atoms with Gasteiger partial charge in [0.05, 0.1) is 5.60 Å². The fraction of sp³-hybridized carbons (Fsp3) is 0.696. The first-order valence-electron chi connectivity index (χ1n) is 10.0. The van der Waals surface area contributed by atoms with Gasteiger partial charge in [-0.25, -0.2) is 0 Å². The van der Waals surface area contributed by atoms with E-state index in [-0.39, 0.29) is 16.6 Å². The normalized spacial score (nSPS) is 48.8. The minimum atomic E-state index is -0.575. The van der Waals surface area contributed by atoms with E-state index < -0.39 is 5.60 Å². The summed E-state index contributed by atoms with van der Waals surface area (Å²) >= 11 is 0. The first-order chi connectivity index (χ1) is 11.8. The number of aliphatic hydroxyl groups is 1. The van der Waals surface area contributed by atoms with Crippen molar-refractivity contribution in [2.24, 2.45) is 28.6 Å². The van der Waals surface area contributed by atoms with E-state index in [9.17, 15) is 9.90 Å². The molecule has 0 aromatic rings. The van der Waals surface area contributed by atoms with E-state index in [4.69, 9.17) is 0 Å². The van der Waals surface area contributed by atoms with Crippen molar-refractivity contribution >= 4 is 5.78 Å². The van der Waals surface area contributed by atoms with Crippen molar-refractivity contribution in [2.75, 3.05) is 0 Å². The van der Waals surface area contributed by atoms with E-state index >= 15 is 0 Å². The van der Waals surface area contributed by atoms with Crippen molar-refractivity contribution in [1.82, 2.24) is 0 Å². The van der Waals surface area contributed by atoms with Gasteiger partial charge in [-0.2, -0.15) is 0 Å². The third kappa shape index (κ3) is 2.10. The summed E-state index contributed by atoms with van der Waals surface area (Å²) in [5, 5.41) is 11.4. The van der Waals surface area contributed by atoms with E-state index in [1.54, 1.807) is 0 Å². The lowest BCUT2D eigenvalue weighted by atomic mass is 9.46. The van der Waals surface area contributed by atoms with Gasteiger partial charge in [0.2, 0.25) is 0 Å². The summed E-state index contributed by atoms with van der Waals surface area (Å²) in [5.41, 5.74) is 2.11. The van der Waals surface area contributed by atoms with Crippen molar-refractivity contribution in [3.8, 4) is 0 Å². The molecule has 0 aliphatic heterocycles. The SMILES string of the molecule is C=CCC1(O)CC[C@H]2[C@@H]3CCC4=CC(=O)C=C(C)[C@]4(C)[C@@H]3CC[C@@]21C. The molecule has 0 spiro atoms. The van der Waals surface area contributed by atoms with Crippen molar-refractivity contribution in [2.45, 2.75) is 71.3 Å². The molecule has 6 atom stereocenters. The van der Waals surface area contributed by atoms with Crippen LogP contribution in [-0.4, -0.2) is 16.5 Å². The topological polar surface area (TPSA) is 37.3 Å². The lowest BCUT2D eigenvalue weighted by molar-refractivity contribution is -0.121. The van der Waals surface area contributed by atoms with Gasteiger partial charge in [0, 0.05) is 5.41 Å². The van der Waals surface area contributed by atoms with Crippen molar-refractivity contribution in [3.63, 3.8) is 0 Å². The molecule has 2 heteroatoms. The Morgan fingerprint density at radius 1 is 1.20 bits per heavy atom.